The predicted octanol–water partition coefficient (Wildman–Crippen LogP) is 2.66. The molecule has 1 fully saturated rings. The van der Waals surface area contributed by atoms with Crippen LogP contribution in [0.1, 0.15) is 5.56 Å². The van der Waals surface area contributed by atoms with Gasteiger partial charge in [0.25, 0.3) is 0 Å². The fraction of sp³-hybridized carbons (Fsp3) is 0.250. The van der Waals surface area contributed by atoms with Crippen molar-refractivity contribution >= 4 is 27.6 Å². The average Bonchev–Trinajstić information content (AvgIpc) is 3.25. The van der Waals surface area contributed by atoms with E-state index in [2.05, 4.69) is 61.3 Å². The summed E-state index contributed by atoms with van der Waals surface area (Å²) in [6, 6.07) is 14.5. The van der Waals surface area contributed by atoms with E-state index in [4.69, 9.17) is 0 Å². The molecular formula is C20H21N5O. The van der Waals surface area contributed by atoms with Gasteiger partial charge in [-0.2, -0.15) is 0 Å². The Morgan fingerprint density at radius 3 is 2.58 bits per heavy atom. The fourth-order valence-electron chi connectivity index (χ4n) is 3.96. The summed E-state index contributed by atoms with van der Waals surface area (Å²) in [5, 5.41) is 1.31. The number of H-pyrrole nitrogens is 3. The first-order chi connectivity index (χ1) is 12.8. The molecule has 3 N–H and O–H groups in total. The molecule has 0 bridgehead atoms. The van der Waals surface area contributed by atoms with Crippen LogP contribution in [-0.2, 0) is 6.54 Å². The monoisotopic (exact) mass is 347 g/mol. The van der Waals surface area contributed by atoms with Crippen LogP contribution in [0.5, 0.6) is 0 Å². The average molecular weight is 347 g/mol. The van der Waals surface area contributed by atoms with Gasteiger partial charge in [-0.3, -0.25) is 4.90 Å². The molecule has 1 aliphatic rings. The summed E-state index contributed by atoms with van der Waals surface area (Å²) >= 11 is 0. The zero-order valence-corrected chi connectivity index (χ0v) is 14.5. The third kappa shape index (κ3) is 2.59. The van der Waals surface area contributed by atoms with Crippen molar-refractivity contribution in [1.82, 2.24) is 19.9 Å². The second-order valence-electron chi connectivity index (χ2n) is 6.90. The highest BCUT2D eigenvalue weighted by molar-refractivity contribution is 5.88. The zero-order chi connectivity index (χ0) is 17.5. The molecule has 0 atom stereocenters. The van der Waals surface area contributed by atoms with E-state index in [-0.39, 0.29) is 5.69 Å². The smallest absolute Gasteiger partial charge is 0.323 e. The second kappa shape index (κ2) is 6.07. The number of imidazole rings is 1. The fourth-order valence-corrected chi connectivity index (χ4v) is 3.96. The maximum Gasteiger partial charge on any atom is 0.323 e. The molecule has 1 aliphatic heterocycles. The Hall–Kier alpha value is -2.99. The van der Waals surface area contributed by atoms with Gasteiger partial charge < -0.3 is 19.9 Å². The van der Waals surface area contributed by atoms with Crippen LogP contribution in [0.3, 0.4) is 0 Å². The largest absolute Gasteiger partial charge is 0.367 e. The quantitative estimate of drug-likeness (QED) is 0.534. The lowest BCUT2D eigenvalue weighted by Crippen LogP contribution is -2.46. The molecule has 26 heavy (non-hydrogen) atoms. The van der Waals surface area contributed by atoms with E-state index in [0.29, 0.717) is 0 Å². The number of benzene rings is 2. The summed E-state index contributed by atoms with van der Waals surface area (Å²) in [7, 11) is 0. The van der Waals surface area contributed by atoms with Crippen molar-refractivity contribution in [3.63, 3.8) is 0 Å². The summed E-state index contributed by atoms with van der Waals surface area (Å²) < 4.78 is 0. The summed E-state index contributed by atoms with van der Waals surface area (Å²) in [5.74, 6) is 0. The molecule has 0 spiro atoms. The van der Waals surface area contributed by atoms with Crippen molar-refractivity contribution in [2.45, 2.75) is 6.54 Å². The molecule has 0 amide bonds. The maximum atomic E-state index is 11.6. The standard InChI is InChI=1S/C20H21N5O/c26-20-22-17-6-3-7-18(19(17)23-20)25-10-8-24(9-11-25)13-14-12-21-16-5-2-1-4-15(14)16/h1-7,12,21H,8-11,13H2,(H2,22,23,26). The number of piperazine rings is 1. The first-order valence-corrected chi connectivity index (χ1v) is 9.01. The topological polar surface area (TPSA) is 70.9 Å². The number of aromatic amines is 3. The minimum Gasteiger partial charge on any atom is -0.367 e. The molecule has 0 unspecified atom stereocenters. The predicted molar refractivity (Wildman–Crippen MR) is 105 cm³/mol. The lowest BCUT2D eigenvalue weighted by molar-refractivity contribution is 0.251. The van der Waals surface area contributed by atoms with E-state index in [0.717, 1.165) is 49.4 Å². The zero-order valence-electron chi connectivity index (χ0n) is 14.5. The molecule has 2 aromatic heterocycles. The normalized spacial score (nSPS) is 15.9. The van der Waals surface area contributed by atoms with E-state index in [1.807, 2.05) is 12.1 Å². The molecule has 1 saturated heterocycles. The number of aromatic nitrogens is 3. The first kappa shape index (κ1) is 15.3. The number of fused-ring (bicyclic) bond motifs is 2. The van der Waals surface area contributed by atoms with E-state index >= 15 is 0 Å². The van der Waals surface area contributed by atoms with Crippen molar-refractivity contribution in [2.75, 3.05) is 31.1 Å². The van der Waals surface area contributed by atoms with Gasteiger partial charge >= 0.3 is 5.69 Å². The Kier molecular flexibility index (Phi) is 3.57. The van der Waals surface area contributed by atoms with Crippen LogP contribution in [0.25, 0.3) is 21.9 Å². The molecule has 2 aromatic carbocycles. The van der Waals surface area contributed by atoms with Crippen LogP contribution in [0.4, 0.5) is 5.69 Å². The van der Waals surface area contributed by atoms with Crippen molar-refractivity contribution in [2.24, 2.45) is 0 Å². The third-order valence-corrected chi connectivity index (χ3v) is 5.31. The van der Waals surface area contributed by atoms with Gasteiger partial charge in [0.2, 0.25) is 0 Å². The van der Waals surface area contributed by atoms with Crippen molar-refractivity contribution in [3.05, 3.63) is 64.7 Å². The van der Waals surface area contributed by atoms with E-state index < -0.39 is 0 Å². The molecule has 3 heterocycles. The highest BCUT2D eigenvalue weighted by Gasteiger charge is 2.20. The Morgan fingerprint density at radius 2 is 1.69 bits per heavy atom. The van der Waals surface area contributed by atoms with Gasteiger partial charge in [0.1, 0.15) is 0 Å². The van der Waals surface area contributed by atoms with Crippen LogP contribution in [0.15, 0.2) is 53.5 Å². The molecular weight excluding hydrogens is 326 g/mol. The summed E-state index contributed by atoms with van der Waals surface area (Å²) in [4.78, 5) is 25.6. The molecule has 6 nitrogen and oxygen atoms in total. The molecule has 0 aliphatic carbocycles. The van der Waals surface area contributed by atoms with Gasteiger partial charge in [0.05, 0.1) is 16.7 Å². The number of anilines is 1. The molecule has 5 rings (SSSR count). The number of nitrogens with one attached hydrogen (secondary N) is 3. The van der Waals surface area contributed by atoms with Gasteiger partial charge in [-0.25, -0.2) is 4.79 Å². The van der Waals surface area contributed by atoms with Crippen LogP contribution in [0, 0.1) is 0 Å². The molecule has 6 heteroatoms. The van der Waals surface area contributed by atoms with Crippen LogP contribution in [-0.4, -0.2) is 46.0 Å². The van der Waals surface area contributed by atoms with Crippen molar-refractivity contribution < 1.29 is 0 Å². The SMILES string of the molecule is O=c1[nH]c2cccc(N3CCN(Cc4c[nH]c5ccccc45)CC3)c2[nH]1. The second-order valence-corrected chi connectivity index (χ2v) is 6.90. The Morgan fingerprint density at radius 1 is 0.885 bits per heavy atom. The van der Waals surface area contributed by atoms with Gasteiger partial charge in [-0.1, -0.05) is 24.3 Å². The Balaban J connectivity index is 1.32. The highest BCUT2D eigenvalue weighted by Crippen LogP contribution is 2.25. The molecule has 4 aromatic rings. The molecule has 0 saturated carbocycles. The van der Waals surface area contributed by atoms with Gasteiger partial charge in [-0.15, -0.1) is 0 Å². The number of nitrogens with zero attached hydrogens (tertiary/aromatic N) is 2. The van der Waals surface area contributed by atoms with Gasteiger partial charge in [0, 0.05) is 49.8 Å². The summed E-state index contributed by atoms with van der Waals surface area (Å²) in [5.41, 5.74) is 5.28. The van der Waals surface area contributed by atoms with Crippen molar-refractivity contribution in [3.8, 4) is 0 Å². The summed E-state index contributed by atoms with van der Waals surface area (Å²) in [6.07, 6.45) is 2.13. The van der Waals surface area contributed by atoms with E-state index in [1.165, 1.54) is 16.5 Å². The minimum absolute atomic E-state index is 0.148. The van der Waals surface area contributed by atoms with E-state index in [9.17, 15) is 4.79 Å². The number of para-hydroxylation sites is 2. The molecule has 132 valence electrons. The minimum atomic E-state index is -0.148. The van der Waals surface area contributed by atoms with E-state index in [1.54, 1.807) is 0 Å². The Bertz CT molecular complexity index is 1110. The number of hydrogen-bond donors (Lipinski definition) is 3. The van der Waals surface area contributed by atoms with Crippen LogP contribution < -0.4 is 10.6 Å². The Labute approximate surface area is 150 Å². The number of rotatable bonds is 3. The van der Waals surface area contributed by atoms with Gasteiger partial charge in [-0.05, 0) is 23.8 Å². The number of hydrogen-bond acceptors (Lipinski definition) is 3. The lowest BCUT2D eigenvalue weighted by Gasteiger charge is -2.36. The highest BCUT2D eigenvalue weighted by atomic mass is 16.1. The lowest BCUT2D eigenvalue weighted by atomic mass is 10.1. The summed E-state index contributed by atoms with van der Waals surface area (Å²) in [6.45, 7) is 4.88. The van der Waals surface area contributed by atoms with Crippen LogP contribution in [0.2, 0.25) is 0 Å². The third-order valence-electron chi connectivity index (χ3n) is 5.31. The first-order valence-electron chi connectivity index (χ1n) is 9.01. The van der Waals surface area contributed by atoms with Crippen LogP contribution >= 0.6 is 0 Å². The van der Waals surface area contributed by atoms with Crippen molar-refractivity contribution in [1.29, 1.82) is 0 Å². The molecule has 0 radical (unpaired) electrons. The van der Waals surface area contributed by atoms with Gasteiger partial charge in [0.15, 0.2) is 0 Å². The maximum absolute atomic E-state index is 11.6.